The number of hydrogen-bond acceptors (Lipinski definition) is 5. The summed E-state index contributed by atoms with van der Waals surface area (Å²) < 4.78 is 13.2. The van der Waals surface area contributed by atoms with Crippen LogP contribution in [0.2, 0.25) is 0 Å². The van der Waals surface area contributed by atoms with Crippen LogP contribution in [0.1, 0.15) is 32.1 Å². The lowest BCUT2D eigenvalue weighted by Crippen LogP contribution is -2.35. The molecule has 1 saturated carbocycles. The molecule has 1 aromatic heterocycles. The van der Waals surface area contributed by atoms with Crippen LogP contribution in [0, 0.1) is 5.41 Å². The van der Waals surface area contributed by atoms with Gasteiger partial charge in [0.25, 0.3) is 0 Å². The maximum atomic E-state index is 11.1. The van der Waals surface area contributed by atoms with Gasteiger partial charge < -0.3 is 14.6 Å². The van der Waals surface area contributed by atoms with Crippen molar-refractivity contribution >= 4 is 17.7 Å². The molecule has 0 amide bonds. The Kier molecular flexibility index (Phi) is 9.01. The predicted octanol–water partition coefficient (Wildman–Crippen LogP) is 6.01. The van der Waals surface area contributed by atoms with Crippen molar-refractivity contribution in [1.82, 2.24) is 9.78 Å². The number of ether oxygens (including phenoxy) is 2. The molecule has 7 heteroatoms. The molecule has 3 aromatic rings. The molecule has 1 N–H and O–H groups in total. The van der Waals surface area contributed by atoms with Gasteiger partial charge in [-0.2, -0.15) is 5.10 Å². The minimum atomic E-state index is -0.928. The highest BCUT2D eigenvalue weighted by Crippen LogP contribution is 2.43. The SMILES string of the molecule is COCCSc1nn(CC2(COCC(=O)O)CCCCC2)c(-c2ccccc2)c1-c1ccccc1. The average molecular weight is 495 g/mol. The molecule has 0 spiro atoms. The van der Waals surface area contributed by atoms with Gasteiger partial charge in [-0.25, -0.2) is 4.79 Å². The first kappa shape index (κ1) is 25.5. The van der Waals surface area contributed by atoms with E-state index in [9.17, 15) is 4.79 Å². The van der Waals surface area contributed by atoms with Gasteiger partial charge in [-0.3, -0.25) is 4.68 Å². The second-order valence-corrected chi connectivity index (χ2v) is 10.3. The normalized spacial score (nSPS) is 15.2. The molecular weight excluding hydrogens is 460 g/mol. The van der Waals surface area contributed by atoms with E-state index in [1.54, 1.807) is 18.9 Å². The Morgan fingerprint density at radius 3 is 2.31 bits per heavy atom. The number of thioether (sulfide) groups is 1. The van der Waals surface area contributed by atoms with Crippen molar-refractivity contribution in [2.75, 3.05) is 32.7 Å². The maximum absolute atomic E-state index is 11.1. The highest BCUT2D eigenvalue weighted by atomic mass is 32.2. The third kappa shape index (κ3) is 6.54. The molecule has 1 fully saturated rings. The summed E-state index contributed by atoms with van der Waals surface area (Å²) in [5, 5.41) is 15.3. The molecule has 0 bridgehead atoms. The number of carbonyl (C=O) groups is 1. The number of carboxylic acids is 1. The van der Waals surface area contributed by atoms with Crippen molar-refractivity contribution in [3.63, 3.8) is 0 Å². The Balaban J connectivity index is 1.79. The molecule has 0 unspecified atom stereocenters. The van der Waals surface area contributed by atoms with Crippen LogP contribution in [-0.4, -0.2) is 53.5 Å². The van der Waals surface area contributed by atoms with Crippen LogP contribution in [0.25, 0.3) is 22.4 Å². The van der Waals surface area contributed by atoms with Crippen LogP contribution in [0.3, 0.4) is 0 Å². The zero-order chi connectivity index (χ0) is 24.5. The van der Waals surface area contributed by atoms with Crippen LogP contribution in [0.15, 0.2) is 65.7 Å². The quantitative estimate of drug-likeness (QED) is 0.246. The molecule has 35 heavy (non-hydrogen) atoms. The summed E-state index contributed by atoms with van der Waals surface area (Å²) in [6.45, 7) is 1.51. The van der Waals surface area contributed by atoms with Crippen molar-refractivity contribution in [2.24, 2.45) is 5.41 Å². The van der Waals surface area contributed by atoms with E-state index in [0.717, 1.165) is 58.8 Å². The van der Waals surface area contributed by atoms with Crippen LogP contribution < -0.4 is 0 Å². The van der Waals surface area contributed by atoms with Gasteiger partial charge >= 0.3 is 5.97 Å². The second-order valence-electron chi connectivity index (χ2n) is 9.21. The summed E-state index contributed by atoms with van der Waals surface area (Å²) >= 11 is 1.71. The molecule has 2 aromatic carbocycles. The Morgan fingerprint density at radius 2 is 1.69 bits per heavy atom. The third-order valence-electron chi connectivity index (χ3n) is 6.59. The summed E-state index contributed by atoms with van der Waals surface area (Å²) in [6.07, 6.45) is 5.47. The average Bonchev–Trinajstić information content (AvgIpc) is 3.23. The molecule has 186 valence electrons. The van der Waals surface area contributed by atoms with E-state index in [0.29, 0.717) is 19.8 Å². The highest BCUT2D eigenvalue weighted by Gasteiger charge is 2.35. The zero-order valence-electron chi connectivity index (χ0n) is 20.3. The number of carboxylic acid groups (broad SMARTS) is 1. The topological polar surface area (TPSA) is 73.6 Å². The van der Waals surface area contributed by atoms with E-state index < -0.39 is 5.97 Å². The van der Waals surface area contributed by atoms with Gasteiger partial charge in [0.1, 0.15) is 11.6 Å². The minimum Gasteiger partial charge on any atom is -0.480 e. The smallest absolute Gasteiger partial charge is 0.329 e. The fourth-order valence-electron chi connectivity index (χ4n) is 4.95. The number of methoxy groups -OCH3 is 1. The Hall–Kier alpha value is -2.61. The van der Waals surface area contributed by atoms with Gasteiger partial charge in [-0.05, 0) is 18.4 Å². The number of aliphatic carboxylic acids is 1. The number of hydrogen-bond donors (Lipinski definition) is 1. The van der Waals surface area contributed by atoms with Crippen molar-refractivity contribution in [3.05, 3.63) is 60.7 Å². The van der Waals surface area contributed by atoms with Gasteiger partial charge in [0.05, 0.1) is 18.9 Å². The molecule has 4 rings (SSSR count). The first-order valence-electron chi connectivity index (χ1n) is 12.2. The third-order valence-corrected chi connectivity index (χ3v) is 7.52. The number of aromatic nitrogens is 2. The van der Waals surface area contributed by atoms with Crippen LogP contribution >= 0.6 is 11.8 Å². The molecule has 6 nitrogen and oxygen atoms in total. The lowest BCUT2D eigenvalue weighted by Gasteiger charge is -2.37. The van der Waals surface area contributed by atoms with Crippen molar-refractivity contribution in [2.45, 2.75) is 43.7 Å². The number of benzene rings is 2. The van der Waals surface area contributed by atoms with Gasteiger partial charge in [-0.15, -0.1) is 11.8 Å². The van der Waals surface area contributed by atoms with Crippen molar-refractivity contribution in [3.8, 4) is 22.4 Å². The van der Waals surface area contributed by atoms with Gasteiger partial charge in [0, 0.05) is 35.9 Å². The summed E-state index contributed by atoms with van der Waals surface area (Å²) in [6, 6.07) is 20.9. The summed E-state index contributed by atoms with van der Waals surface area (Å²) in [4.78, 5) is 11.1. The lowest BCUT2D eigenvalue weighted by molar-refractivity contribution is -0.144. The molecule has 0 radical (unpaired) electrons. The van der Waals surface area contributed by atoms with E-state index in [-0.39, 0.29) is 12.0 Å². The minimum absolute atomic E-state index is 0.133. The van der Waals surface area contributed by atoms with E-state index in [1.807, 2.05) is 12.1 Å². The molecular formula is C28H34N2O4S. The van der Waals surface area contributed by atoms with E-state index >= 15 is 0 Å². The fourth-order valence-corrected chi connectivity index (χ4v) is 5.91. The molecule has 0 atom stereocenters. The summed E-state index contributed by atoms with van der Waals surface area (Å²) in [5.41, 5.74) is 4.36. The van der Waals surface area contributed by atoms with E-state index in [4.69, 9.17) is 19.7 Å². The van der Waals surface area contributed by atoms with Gasteiger partial charge in [-0.1, -0.05) is 79.9 Å². The van der Waals surface area contributed by atoms with Gasteiger partial charge in [0.2, 0.25) is 0 Å². The standard InChI is InChI=1S/C28H34N2O4S/c1-33-17-18-35-27-25(22-11-5-2-6-12-22)26(23-13-7-3-8-14-23)30(29-27)20-28(15-9-4-10-16-28)21-34-19-24(31)32/h2-3,5-8,11-14H,4,9-10,15-21H2,1H3,(H,31,32). The monoisotopic (exact) mass is 494 g/mol. The van der Waals surface area contributed by atoms with Crippen LogP contribution in [0.5, 0.6) is 0 Å². The Bertz CT molecular complexity index is 1080. The number of nitrogens with zero attached hydrogens (tertiary/aromatic N) is 2. The second kappa shape index (κ2) is 12.4. The predicted molar refractivity (Wildman–Crippen MR) is 140 cm³/mol. The lowest BCUT2D eigenvalue weighted by atomic mass is 9.74. The van der Waals surface area contributed by atoms with Crippen molar-refractivity contribution in [1.29, 1.82) is 0 Å². The first-order chi connectivity index (χ1) is 17.1. The summed E-state index contributed by atoms with van der Waals surface area (Å²) in [7, 11) is 1.72. The highest BCUT2D eigenvalue weighted by molar-refractivity contribution is 7.99. The number of rotatable bonds is 12. The first-order valence-corrected chi connectivity index (χ1v) is 13.2. The molecule has 0 aliphatic heterocycles. The van der Waals surface area contributed by atoms with Crippen LogP contribution in [-0.2, 0) is 20.8 Å². The molecule has 0 saturated heterocycles. The Labute approximate surface area is 211 Å². The van der Waals surface area contributed by atoms with Crippen LogP contribution in [0.4, 0.5) is 0 Å². The van der Waals surface area contributed by atoms with E-state index in [2.05, 4.69) is 53.2 Å². The summed E-state index contributed by atoms with van der Waals surface area (Å²) in [5.74, 6) is -0.114. The van der Waals surface area contributed by atoms with Crippen molar-refractivity contribution < 1.29 is 19.4 Å². The maximum Gasteiger partial charge on any atom is 0.329 e. The molecule has 1 aliphatic carbocycles. The molecule has 1 aliphatic rings. The Morgan fingerprint density at radius 1 is 1.03 bits per heavy atom. The van der Waals surface area contributed by atoms with Gasteiger partial charge in [0.15, 0.2) is 0 Å². The molecule has 1 heterocycles. The largest absolute Gasteiger partial charge is 0.480 e. The fraction of sp³-hybridized carbons (Fsp3) is 0.429. The van der Waals surface area contributed by atoms with E-state index in [1.165, 1.54) is 6.42 Å². The zero-order valence-corrected chi connectivity index (χ0v) is 21.1.